The Bertz CT molecular complexity index is 431. The minimum Gasteiger partial charge on any atom is -0.381 e. The molecule has 0 bridgehead atoms. The third-order valence-corrected chi connectivity index (χ3v) is 5.98. The number of nitrogens with one attached hydrogen (secondary N) is 1. The number of guanidine groups is 1. The van der Waals surface area contributed by atoms with Crippen molar-refractivity contribution < 1.29 is 9.47 Å². The number of hydrogen-bond acceptors (Lipinski definition) is 4. The van der Waals surface area contributed by atoms with Gasteiger partial charge in [0.2, 0.25) is 0 Å². The molecule has 0 saturated carbocycles. The first-order valence-electron chi connectivity index (χ1n) is 10.1. The topological polar surface area (TPSA) is 49.3 Å². The highest BCUT2D eigenvalue weighted by Crippen LogP contribution is 2.31. The Morgan fingerprint density at radius 1 is 1.19 bits per heavy atom. The van der Waals surface area contributed by atoms with Crippen molar-refractivity contribution in [2.75, 3.05) is 66.2 Å². The first kappa shape index (κ1) is 22.2. The van der Waals surface area contributed by atoms with Crippen LogP contribution in [0, 0.1) is 5.92 Å². The second-order valence-corrected chi connectivity index (χ2v) is 7.81. The van der Waals surface area contributed by atoms with E-state index in [2.05, 4.69) is 29.1 Å². The standard InChI is InChI=1S/C19H36N4O2.HI/c1-3-20-18(22(2)14-17-6-11-25-15-17)21-16-19(7-12-24-13-8-19)23-9-4-5-10-23;/h17H,3-16H2,1-2H3,(H,20,21);1H. The third kappa shape index (κ3) is 5.69. The van der Waals surface area contributed by atoms with Gasteiger partial charge in [-0.15, -0.1) is 24.0 Å². The molecular formula is C19H37IN4O2. The molecule has 1 N–H and O–H groups in total. The van der Waals surface area contributed by atoms with E-state index in [1.807, 2.05) is 0 Å². The highest BCUT2D eigenvalue weighted by molar-refractivity contribution is 14.0. The zero-order valence-corrected chi connectivity index (χ0v) is 18.9. The fraction of sp³-hybridized carbons (Fsp3) is 0.947. The molecule has 0 aliphatic carbocycles. The molecule has 152 valence electrons. The average Bonchev–Trinajstić information content (AvgIpc) is 3.33. The second-order valence-electron chi connectivity index (χ2n) is 7.81. The van der Waals surface area contributed by atoms with Crippen LogP contribution in [-0.4, -0.2) is 87.5 Å². The maximum Gasteiger partial charge on any atom is 0.193 e. The lowest BCUT2D eigenvalue weighted by molar-refractivity contribution is -0.0139. The lowest BCUT2D eigenvalue weighted by Crippen LogP contribution is -2.54. The van der Waals surface area contributed by atoms with E-state index in [9.17, 15) is 0 Å². The summed E-state index contributed by atoms with van der Waals surface area (Å²) in [6.07, 6.45) is 6.03. The Hall–Kier alpha value is -0.120. The maximum atomic E-state index is 5.66. The summed E-state index contributed by atoms with van der Waals surface area (Å²) in [5.74, 6) is 1.67. The van der Waals surface area contributed by atoms with Crippen molar-refractivity contribution in [3.8, 4) is 0 Å². The molecule has 1 atom stereocenters. The molecule has 0 radical (unpaired) electrons. The molecule has 0 aromatic carbocycles. The number of ether oxygens (including phenoxy) is 2. The molecule has 26 heavy (non-hydrogen) atoms. The van der Waals surface area contributed by atoms with E-state index >= 15 is 0 Å². The fourth-order valence-electron chi connectivity index (χ4n) is 4.41. The predicted octanol–water partition coefficient (Wildman–Crippen LogP) is 2.18. The summed E-state index contributed by atoms with van der Waals surface area (Å²) in [5.41, 5.74) is 0.201. The van der Waals surface area contributed by atoms with Crippen molar-refractivity contribution in [3.05, 3.63) is 0 Å². The summed E-state index contributed by atoms with van der Waals surface area (Å²) in [7, 11) is 2.16. The van der Waals surface area contributed by atoms with E-state index in [1.165, 1.54) is 32.4 Å². The molecule has 3 fully saturated rings. The van der Waals surface area contributed by atoms with Crippen LogP contribution in [0.2, 0.25) is 0 Å². The summed E-state index contributed by atoms with van der Waals surface area (Å²) < 4.78 is 11.2. The van der Waals surface area contributed by atoms with Crippen molar-refractivity contribution in [2.24, 2.45) is 10.9 Å². The molecule has 0 aromatic rings. The minimum atomic E-state index is 0. The van der Waals surface area contributed by atoms with Crippen LogP contribution < -0.4 is 5.32 Å². The number of aliphatic imine (C=N–C) groups is 1. The van der Waals surface area contributed by atoms with Gasteiger partial charge >= 0.3 is 0 Å². The normalized spacial score (nSPS) is 26.5. The van der Waals surface area contributed by atoms with Crippen LogP contribution in [0.3, 0.4) is 0 Å². The van der Waals surface area contributed by atoms with Crippen molar-refractivity contribution >= 4 is 29.9 Å². The molecule has 0 amide bonds. The zero-order chi connectivity index (χ0) is 17.5. The molecular weight excluding hydrogens is 443 g/mol. The number of rotatable bonds is 6. The van der Waals surface area contributed by atoms with E-state index in [-0.39, 0.29) is 29.5 Å². The van der Waals surface area contributed by atoms with Crippen LogP contribution in [0.1, 0.15) is 39.0 Å². The van der Waals surface area contributed by atoms with Crippen LogP contribution in [0.15, 0.2) is 4.99 Å². The van der Waals surface area contributed by atoms with Gasteiger partial charge in [-0.2, -0.15) is 0 Å². The summed E-state index contributed by atoms with van der Waals surface area (Å²) in [5, 5.41) is 3.49. The van der Waals surface area contributed by atoms with Crippen molar-refractivity contribution in [2.45, 2.75) is 44.6 Å². The van der Waals surface area contributed by atoms with Crippen molar-refractivity contribution in [3.63, 3.8) is 0 Å². The van der Waals surface area contributed by atoms with E-state index in [0.29, 0.717) is 5.92 Å². The number of halogens is 1. The van der Waals surface area contributed by atoms with E-state index < -0.39 is 0 Å². The molecule has 3 heterocycles. The largest absolute Gasteiger partial charge is 0.381 e. The van der Waals surface area contributed by atoms with Crippen LogP contribution in [0.5, 0.6) is 0 Å². The molecule has 3 rings (SSSR count). The third-order valence-electron chi connectivity index (χ3n) is 5.98. The average molecular weight is 480 g/mol. The quantitative estimate of drug-likeness (QED) is 0.359. The van der Waals surface area contributed by atoms with Gasteiger partial charge in [-0.25, -0.2) is 0 Å². The Labute approximate surface area is 176 Å². The summed E-state index contributed by atoms with van der Waals surface area (Å²) in [6.45, 7) is 10.9. The Morgan fingerprint density at radius 3 is 2.54 bits per heavy atom. The highest BCUT2D eigenvalue weighted by Gasteiger charge is 2.39. The number of likely N-dealkylation sites (tertiary alicyclic amines) is 1. The molecule has 3 aliphatic heterocycles. The predicted molar refractivity (Wildman–Crippen MR) is 117 cm³/mol. The second kappa shape index (κ2) is 11.0. The Kier molecular flexibility index (Phi) is 9.40. The number of nitrogens with zero attached hydrogens (tertiary/aromatic N) is 3. The first-order valence-corrected chi connectivity index (χ1v) is 10.1. The highest BCUT2D eigenvalue weighted by atomic mass is 127. The molecule has 3 aliphatic rings. The molecule has 7 heteroatoms. The van der Waals surface area contributed by atoms with Gasteiger partial charge in [0.25, 0.3) is 0 Å². The van der Waals surface area contributed by atoms with Gasteiger partial charge in [-0.3, -0.25) is 9.89 Å². The monoisotopic (exact) mass is 480 g/mol. The Morgan fingerprint density at radius 2 is 1.92 bits per heavy atom. The van der Waals surface area contributed by atoms with Crippen LogP contribution in [0.25, 0.3) is 0 Å². The van der Waals surface area contributed by atoms with Crippen molar-refractivity contribution in [1.82, 2.24) is 15.1 Å². The van der Waals surface area contributed by atoms with Gasteiger partial charge in [-0.05, 0) is 52.1 Å². The zero-order valence-electron chi connectivity index (χ0n) is 16.5. The fourth-order valence-corrected chi connectivity index (χ4v) is 4.41. The lowest BCUT2D eigenvalue weighted by atomic mass is 9.88. The van der Waals surface area contributed by atoms with Gasteiger partial charge in [0, 0.05) is 51.4 Å². The van der Waals surface area contributed by atoms with Gasteiger partial charge in [0.15, 0.2) is 5.96 Å². The lowest BCUT2D eigenvalue weighted by Gasteiger charge is -2.44. The molecule has 1 unspecified atom stereocenters. The summed E-state index contributed by atoms with van der Waals surface area (Å²) in [4.78, 5) is 10.1. The van der Waals surface area contributed by atoms with E-state index in [1.54, 1.807) is 0 Å². The van der Waals surface area contributed by atoms with Gasteiger partial charge in [0.1, 0.15) is 0 Å². The maximum absolute atomic E-state index is 5.66. The molecule has 6 nitrogen and oxygen atoms in total. The van der Waals surface area contributed by atoms with Gasteiger partial charge in [0.05, 0.1) is 13.2 Å². The van der Waals surface area contributed by atoms with E-state index in [0.717, 1.165) is 64.9 Å². The number of hydrogen-bond donors (Lipinski definition) is 1. The molecule has 0 aromatic heterocycles. The molecule has 0 spiro atoms. The van der Waals surface area contributed by atoms with Gasteiger partial charge in [-0.1, -0.05) is 0 Å². The van der Waals surface area contributed by atoms with Gasteiger partial charge < -0.3 is 19.7 Å². The smallest absolute Gasteiger partial charge is 0.193 e. The SMILES string of the molecule is CCNC(=NCC1(N2CCCC2)CCOCC1)N(C)CC1CCOC1.I. The van der Waals surface area contributed by atoms with Crippen LogP contribution >= 0.6 is 24.0 Å². The van der Waals surface area contributed by atoms with Crippen molar-refractivity contribution in [1.29, 1.82) is 0 Å². The minimum absolute atomic E-state index is 0. The summed E-state index contributed by atoms with van der Waals surface area (Å²) in [6, 6.07) is 0. The summed E-state index contributed by atoms with van der Waals surface area (Å²) >= 11 is 0. The van der Waals surface area contributed by atoms with E-state index in [4.69, 9.17) is 14.5 Å². The van der Waals surface area contributed by atoms with Crippen LogP contribution in [0.4, 0.5) is 0 Å². The Balaban J connectivity index is 0.00000243. The molecule has 3 saturated heterocycles. The van der Waals surface area contributed by atoms with Crippen LogP contribution in [-0.2, 0) is 9.47 Å². The first-order chi connectivity index (χ1) is 12.2.